The van der Waals surface area contributed by atoms with Gasteiger partial charge in [-0.15, -0.1) is 0 Å². The van der Waals surface area contributed by atoms with Gasteiger partial charge in [0.15, 0.2) is 0 Å². The van der Waals surface area contributed by atoms with Gasteiger partial charge in [0, 0.05) is 24.3 Å². The van der Waals surface area contributed by atoms with E-state index in [1.165, 1.54) is 6.92 Å². The molecule has 2 rings (SSSR count). The van der Waals surface area contributed by atoms with Gasteiger partial charge in [-0.2, -0.15) is 0 Å². The summed E-state index contributed by atoms with van der Waals surface area (Å²) in [4.78, 5) is 78.4. The molecule has 2 atom stereocenters. The molecule has 0 unspecified atom stereocenters. The number of nitro benzene ring substituents is 4. The van der Waals surface area contributed by atoms with Crippen molar-refractivity contribution >= 4 is 40.6 Å². The van der Waals surface area contributed by atoms with E-state index in [-0.39, 0.29) is 6.42 Å². The largest absolute Gasteiger partial charge is 0.466 e. The number of carbonyl (C=O) groups is 3. The SMILES string of the molecule is CC[C@@H](NC(=O)c1cc([N+](=O)[O-])cc([N+](=O)[O-])c1)[C@@H](OC(=O)c1cc([N+](=O)[O-])cc([N+](=O)[O-])c1)C(=O)OC. The van der Waals surface area contributed by atoms with E-state index in [2.05, 4.69) is 10.1 Å². The first-order valence-corrected chi connectivity index (χ1v) is 10.3. The zero-order valence-corrected chi connectivity index (χ0v) is 19.4. The van der Waals surface area contributed by atoms with E-state index in [1.807, 2.05) is 0 Å². The van der Waals surface area contributed by atoms with Crippen LogP contribution in [0.4, 0.5) is 22.7 Å². The maximum absolute atomic E-state index is 12.8. The molecule has 2 aromatic carbocycles. The van der Waals surface area contributed by atoms with Gasteiger partial charge in [0.1, 0.15) is 0 Å². The van der Waals surface area contributed by atoms with Gasteiger partial charge in [0.25, 0.3) is 28.7 Å². The number of benzene rings is 2. The molecule has 0 heterocycles. The number of carbonyl (C=O) groups excluding carboxylic acids is 3. The highest BCUT2D eigenvalue weighted by molar-refractivity contribution is 5.97. The van der Waals surface area contributed by atoms with Crippen molar-refractivity contribution < 1.29 is 43.6 Å². The van der Waals surface area contributed by atoms with Crippen LogP contribution in [0.25, 0.3) is 0 Å². The maximum Gasteiger partial charge on any atom is 0.349 e. The Bertz CT molecular complexity index is 1280. The standard InChI is InChI=1S/C20H17N5O13/c1-3-16(21-18(26)10-4-12(22(29)30)8-13(5-10)23(31)32)17(20(28)37-2)38-19(27)11-6-14(24(33)34)9-15(7-11)25(35)36/h4-9,16-17H,3H2,1-2H3,(H,21,26)/t16-,17-/m1/s1. The second-order valence-electron chi connectivity index (χ2n) is 7.34. The summed E-state index contributed by atoms with van der Waals surface area (Å²) >= 11 is 0. The van der Waals surface area contributed by atoms with E-state index in [0.717, 1.165) is 19.2 Å². The van der Waals surface area contributed by atoms with Crippen molar-refractivity contribution in [3.8, 4) is 0 Å². The second kappa shape index (κ2) is 11.9. The van der Waals surface area contributed by atoms with E-state index in [1.54, 1.807) is 0 Å². The Labute approximate surface area is 210 Å². The Balaban J connectivity index is 2.41. The molecule has 0 radical (unpaired) electrons. The van der Waals surface area contributed by atoms with Crippen molar-refractivity contribution in [2.24, 2.45) is 0 Å². The number of esters is 2. The summed E-state index contributed by atoms with van der Waals surface area (Å²) in [6, 6.07) is 2.70. The molecule has 0 aliphatic heterocycles. The Kier molecular flexibility index (Phi) is 9.00. The van der Waals surface area contributed by atoms with Gasteiger partial charge < -0.3 is 14.8 Å². The monoisotopic (exact) mass is 535 g/mol. The van der Waals surface area contributed by atoms with E-state index in [9.17, 15) is 54.8 Å². The van der Waals surface area contributed by atoms with Gasteiger partial charge in [0.2, 0.25) is 6.10 Å². The zero-order valence-electron chi connectivity index (χ0n) is 19.4. The fraction of sp³-hybridized carbons (Fsp3) is 0.250. The average molecular weight is 535 g/mol. The van der Waals surface area contributed by atoms with Crippen molar-refractivity contribution in [2.45, 2.75) is 25.5 Å². The summed E-state index contributed by atoms with van der Waals surface area (Å²) in [6.45, 7) is 1.43. The lowest BCUT2D eigenvalue weighted by Gasteiger charge is -2.25. The summed E-state index contributed by atoms with van der Waals surface area (Å²) in [5, 5.41) is 46.7. The fourth-order valence-corrected chi connectivity index (χ4v) is 3.10. The lowest BCUT2D eigenvalue weighted by molar-refractivity contribution is -0.394. The molecule has 0 aliphatic rings. The lowest BCUT2D eigenvalue weighted by Crippen LogP contribution is -2.49. The topological polar surface area (TPSA) is 254 Å². The predicted molar refractivity (Wildman–Crippen MR) is 122 cm³/mol. The first-order chi connectivity index (χ1) is 17.8. The van der Waals surface area contributed by atoms with Gasteiger partial charge in [-0.25, -0.2) is 9.59 Å². The van der Waals surface area contributed by atoms with Crippen LogP contribution in [-0.4, -0.2) is 56.8 Å². The van der Waals surface area contributed by atoms with Crippen LogP contribution in [0.1, 0.15) is 34.1 Å². The molecule has 18 nitrogen and oxygen atoms in total. The van der Waals surface area contributed by atoms with Crippen molar-refractivity contribution in [1.29, 1.82) is 0 Å². The molecule has 0 bridgehead atoms. The van der Waals surface area contributed by atoms with Gasteiger partial charge >= 0.3 is 11.9 Å². The van der Waals surface area contributed by atoms with Crippen molar-refractivity contribution in [3.63, 3.8) is 0 Å². The van der Waals surface area contributed by atoms with Crippen molar-refractivity contribution in [3.05, 3.63) is 88.0 Å². The Morgan fingerprint density at radius 1 is 0.763 bits per heavy atom. The van der Waals surface area contributed by atoms with Gasteiger partial charge in [-0.1, -0.05) is 6.92 Å². The van der Waals surface area contributed by atoms with Crippen LogP contribution in [0.2, 0.25) is 0 Å². The minimum atomic E-state index is -1.89. The van der Waals surface area contributed by atoms with Crippen molar-refractivity contribution in [1.82, 2.24) is 5.32 Å². The molecule has 200 valence electrons. The minimum absolute atomic E-state index is 0.120. The summed E-state index contributed by atoms with van der Waals surface area (Å²) in [6.07, 6.45) is -2.02. The fourth-order valence-electron chi connectivity index (χ4n) is 3.10. The molecular formula is C20H17N5O13. The van der Waals surface area contributed by atoms with Crippen LogP contribution in [0.5, 0.6) is 0 Å². The number of nitrogens with one attached hydrogen (secondary N) is 1. The van der Waals surface area contributed by atoms with Crippen molar-refractivity contribution in [2.75, 3.05) is 7.11 Å². The first kappa shape index (κ1) is 28.7. The Morgan fingerprint density at radius 2 is 1.16 bits per heavy atom. The third-order valence-electron chi connectivity index (χ3n) is 4.94. The molecule has 0 aromatic heterocycles. The number of methoxy groups -OCH3 is 1. The summed E-state index contributed by atoms with van der Waals surface area (Å²) in [7, 11) is 0.916. The van der Waals surface area contributed by atoms with Crippen LogP contribution >= 0.6 is 0 Å². The van der Waals surface area contributed by atoms with Crippen LogP contribution in [0.15, 0.2) is 36.4 Å². The quantitative estimate of drug-likeness (QED) is 0.246. The summed E-state index contributed by atoms with van der Waals surface area (Å²) in [5.74, 6) is -3.72. The minimum Gasteiger partial charge on any atom is -0.466 e. The summed E-state index contributed by atoms with van der Waals surface area (Å²) < 4.78 is 9.66. The molecule has 18 heteroatoms. The molecular weight excluding hydrogens is 518 g/mol. The predicted octanol–water partition coefficient (Wildman–Crippen LogP) is 2.23. The highest BCUT2D eigenvalue weighted by Crippen LogP contribution is 2.25. The highest BCUT2D eigenvalue weighted by atomic mass is 16.6. The highest BCUT2D eigenvalue weighted by Gasteiger charge is 2.35. The molecule has 0 saturated carbocycles. The number of ether oxygens (including phenoxy) is 2. The first-order valence-electron chi connectivity index (χ1n) is 10.3. The number of nitrogens with zero attached hydrogens (tertiary/aromatic N) is 4. The van der Waals surface area contributed by atoms with E-state index in [0.29, 0.717) is 24.3 Å². The smallest absolute Gasteiger partial charge is 0.349 e. The van der Waals surface area contributed by atoms with E-state index >= 15 is 0 Å². The number of hydrogen-bond donors (Lipinski definition) is 1. The van der Waals surface area contributed by atoms with Crippen LogP contribution < -0.4 is 5.32 Å². The second-order valence-corrected chi connectivity index (χ2v) is 7.34. The Hall–Kier alpha value is -5.55. The molecule has 0 fully saturated rings. The molecule has 0 saturated heterocycles. The molecule has 1 N–H and O–H groups in total. The number of nitro groups is 4. The Morgan fingerprint density at radius 3 is 1.50 bits per heavy atom. The summed E-state index contributed by atoms with van der Waals surface area (Å²) in [5.41, 5.74) is -4.33. The molecule has 0 spiro atoms. The van der Waals surface area contributed by atoms with Gasteiger partial charge in [-0.3, -0.25) is 45.3 Å². The number of hydrogen-bond acceptors (Lipinski definition) is 13. The van der Waals surface area contributed by atoms with E-state index in [4.69, 9.17) is 4.74 Å². The number of amides is 1. The van der Waals surface area contributed by atoms with E-state index < -0.39 is 83.6 Å². The number of rotatable bonds is 11. The van der Waals surface area contributed by atoms with Crippen LogP contribution in [0.3, 0.4) is 0 Å². The molecule has 1 amide bonds. The molecule has 0 aliphatic carbocycles. The van der Waals surface area contributed by atoms with Crippen LogP contribution in [-0.2, 0) is 14.3 Å². The third kappa shape index (κ3) is 6.77. The molecule has 2 aromatic rings. The van der Waals surface area contributed by atoms with Crippen LogP contribution in [0, 0.1) is 40.5 Å². The third-order valence-corrected chi connectivity index (χ3v) is 4.94. The lowest BCUT2D eigenvalue weighted by atomic mass is 10.1. The zero-order chi connectivity index (χ0) is 28.7. The maximum atomic E-state index is 12.8. The molecule has 38 heavy (non-hydrogen) atoms. The average Bonchev–Trinajstić information content (AvgIpc) is 2.88. The van der Waals surface area contributed by atoms with Gasteiger partial charge in [-0.05, 0) is 6.42 Å². The number of non-ortho nitro benzene ring substituents is 4. The normalized spacial score (nSPS) is 11.9. The van der Waals surface area contributed by atoms with Gasteiger partial charge in [0.05, 0.1) is 56.1 Å².